The Kier molecular flexibility index (Phi) is 7.97. The Morgan fingerprint density at radius 1 is 1.26 bits per heavy atom. The van der Waals surface area contributed by atoms with Gasteiger partial charge in [-0.1, -0.05) is 23.2 Å². The molecule has 1 amide bonds. The first kappa shape index (κ1) is 21.1. The molecule has 0 saturated carbocycles. The van der Waals surface area contributed by atoms with Crippen molar-refractivity contribution in [2.24, 2.45) is 0 Å². The van der Waals surface area contributed by atoms with Crippen LogP contribution >= 0.6 is 35.0 Å². The molecule has 0 bridgehead atoms. The SMILES string of the molecule is CCOC(=O)CNC(=O)S/C(C=O)=C\c1ccc(-c2ccc(Cl)cc2Cl)o1. The van der Waals surface area contributed by atoms with Crippen LogP contribution < -0.4 is 5.32 Å². The van der Waals surface area contributed by atoms with Gasteiger partial charge in [-0.2, -0.15) is 0 Å². The number of carbonyl (C=O) groups is 3. The highest BCUT2D eigenvalue weighted by atomic mass is 35.5. The maximum absolute atomic E-state index is 11.8. The predicted octanol–water partition coefficient (Wildman–Crippen LogP) is 4.80. The fourth-order valence-electron chi connectivity index (χ4n) is 1.99. The lowest BCUT2D eigenvalue weighted by Gasteiger charge is -2.04. The normalized spacial score (nSPS) is 11.1. The van der Waals surface area contributed by atoms with Gasteiger partial charge in [0, 0.05) is 10.6 Å². The fraction of sp³-hybridized carbons (Fsp3) is 0.167. The number of ether oxygens (including phenoxy) is 1. The minimum Gasteiger partial charge on any atom is -0.465 e. The van der Waals surface area contributed by atoms with E-state index in [0.717, 1.165) is 0 Å². The second kappa shape index (κ2) is 10.2. The third-order valence-corrected chi connectivity index (χ3v) is 4.44. The highest BCUT2D eigenvalue weighted by molar-refractivity contribution is 8.17. The van der Waals surface area contributed by atoms with Crippen molar-refractivity contribution in [2.45, 2.75) is 6.92 Å². The quantitative estimate of drug-likeness (QED) is 0.388. The van der Waals surface area contributed by atoms with E-state index in [-0.39, 0.29) is 18.1 Å². The predicted molar refractivity (Wildman–Crippen MR) is 106 cm³/mol. The number of hydrogen-bond acceptors (Lipinski definition) is 6. The van der Waals surface area contributed by atoms with Crippen molar-refractivity contribution >= 4 is 58.5 Å². The van der Waals surface area contributed by atoms with Crippen molar-refractivity contribution in [3.8, 4) is 11.3 Å². The Balaban J connectivity index is 2.05. The highest BCUT2D eigenvalue weighted by Crippen LogP contribution is 2.32. The van der Waals surface area contributed by atoms with Crippen molar-refractivity contribution in [2.75, 3.05) is 13.2 Å². The number of halogens is 2. The van der Waals surface area contributed by atoms with Crippen LogP contribution in [0.4, 0.5) is 4.79 Å². The first-order valence-corrected chi connectivity index (χ1v) is 9.33. The van der Waals surface area contributed by atoms with Crippen molar-refractivity contribution in [3.63, 3.8) is 0 Å². The largest absolute Gasteiger partial charge is 0.465 e. The fourth-order valence-corrected chi connectivity index (χ4v) is 3.07. The van der Waals surface area contributed by atoms with E-state index in [1.165, 1.54) is 6.08 Å². The van der Waals surface area contributed by atoms with Crippen LogP contribution in [0.3, 0.4) is 0 Å². The summed E-state index contributed by atoms with van der Waals surface area (Å²) in [5.41, 5.74) is 0.646. The average Bonchev–Trinajstić information content (AvgIpc) is 3.08. The zero-order valence-electron chi connectivity index (χ0n) is 14.2. The van der Waals surface area contributed by atoms with Crippen LogP contribution in [0.2, 0.25) is 10.0 Å². The summed E-state index contributed by atoms with van der Waals surface area (Å²) in [5.74, 6) is 0.298. The van der Waals surface area contributed by atoms with Gasteiger partial charge in [0.2, 0.25) is 0 Å². The molecule has 2 aromatic rings. The second-order valence-electron chi connectivity index (χ2n) is 5.04. The summed E-state index contributed by atoms with van der Waals surface area (Å²) in [7, 11) is 0. The van der Waals surface area contributed by atoms with Gasteiger partial charge in [0.25, 0.3) is 5.24 Å². The molecule has 0 saturated heterocycles. The van der Waals surface area contributed by atoms with Gasteiger partial charge in [0.05, 0.1) is 16.5 Å². The van der Waals surface area contributed by atoms with E-state index in [2.05, 4.69) is 5.32 Å². The number of hydrogen-bond donors (Lipinski definition) is 1. The van der Waals surface area contributed by atoms with Crippen LogP contribution in [-0.2, 0) is 14.3 Å². The third-order valence-electron chi connectivity index (χ3n) is 3.12. The number of aldehydes is 1. The molecule has 1 aromatic carbocycles. The number of benzene rings is 1. The van der Waals surface area contributed by atoms with Gasteiger partial charge in [-0.3, -0.25) is 14.4 Å². The minimum absolute atomic E-state index is 0.111. The van der Waals surface area contributed by atoms with Crippen molar-refractivity contribution in [3.05, 3.63) is 51.0 Å². The van der Waals surface area contributed by atoms with E-state index in [1.54, 1.807) is 37.3 Å². The van der Waals surface area contributed by atoms with E-state index in [1.807, 2.05) is 0 Å². The number of thioether (sulfide) groups is 1. The molecule has 27 heavy (non-hydrogen) atoms. The molecule has 9 heteroatoms. The first-order chi connectivity index (χ1) is 12.9. The molecule has 142 valence electrons. The van der Waals surface area contributed by atoms with Crippen LogP contribution in [0.25, 0.3) is 17.4 Å². The van der Waals surface area contributed by atoms with Gasteiger partial charge in [0.1, 0.15) is 18.1 Å². The molecule has 2 rings (SSSR count). The molecule has 1 heterocycles. The molecule has 1 aromatic heterocycles. The summed E-state index contributed by atoms with van der Waals surface area (Å²) in [4.78, 5) is 34.3. The van der Waals surface area contributed by atoms with Crippen LogP contribution in [-0.4, -0.2) is 30.6 Å². The van der Waals surface area contributed by atoms with E-state index >= 15 is 0 Å². The van der Waals surface area contributed by atoms with Crippen LogP contribution in [0.5, 0.6) is 0 Å². The molecule has 0 radical (unpaired) electrons. The molecule has 0 aliphatic rings. The first-order valence-electron chi connectivity index (χ1n) is 7.76. The molecular formula is C18H15Cl2NO5S. The number of allylic oxidation sites excluding steroid dienone is 1. The second-order valence-corrected chi connectivity index (χ2v) is 6.93. The van der Waals surface area contributed by atoms with Gasteiger partial charge in [-0.15, -0.1) is 0 Å². The molecule has 0 spiro atoms. The topological polar surface area (TPSA) is 85.6 Å². The zero-order chi connectivity index (χ0) is 19.8. The van der Waals surface area contributed by atoms with Gasteiger partial charge < -0.3 is 14.5 Å². The Bertz CT molecular complexity index is 878. The molecule has 0 unspecified atom stereocenters. The van der Waals surface area contributed by atoms with Crippen molar-refractivity contribution in [1.82, 2.24) is 5.32 Å². The molecule has 0 atom stereocenters. The third kappa shape index (κ3) is 6.46. The lowest BCUT2D eigenvalue weighted by molar-refractivity contribution is -0.141. The van der Waals surface area contributed by atoms with Gasteiger partial charge >= 0.3 is 5.97 Å². The van der Waals surface area contributed by atoms with Crippen molar-refractivity contribution in [1.29, 1.82) is 0 Å². The van der Waals surface area contributed by atoms with Gasteiger partial charge in [0.15, 0.2) is 6.29 Å². The lowest BCUT2D eigenvalue weighted by atomic mass is 10.2. The van der Waals surface area contributed by atoms with Crippen LogP contribution in [0.1, 0.15) is 12.7 Å². The number of carbonyl (C=O) groups excluding carboxylic acids is 3. The monoisotopic (exact) mass is 427 g/mol. The Morgan fingerprint density at radius 2 is 2.04 bits per heavy atom. The van der Waals surface area contributed by atoms with Crippen LogP contribution in [0, 0.1) is 0 Å². The number of nitrogens with one attached hydrogen (secondary N) is 1. The number of amides is 1. The molecule has 6 nitrogen and oxygen atoms in total. The molecule has 0 fully saturated rings. The van der Waals surface area contributed by atoms with E-state index in [4.69, 9.17) is 32.4 Å². The van der Waals surface area contributed by atoms with E-state index < -0.39 is 11.2 Å². The summed E-state index contributed by atoms with van der Waals surface area (Å²) in [6, 6.07) is 8.32. The molecule has 0 aliphatic carbocycles. The summed E-state index contributed by atoms with van der Waals surface area (Å²) < 4.78 is 10.4. The van der Waals surface area contributed by atoms with Gasteiger partial charge in [-0.25, -0.2) is 0 Å². The molecule has 1 N–H and O–H groups in total. The summed E-state index contributed by atoms with van der Waals surface area (Å²) >= 11 is 12.7. The lowest BCUT2D eigenvalue weighted by Crippen LogP contribution is -2.27. The standard InChI is InChI=1S/C18H15Cl2NO5S/c1-2-25-17(23)9-21-18(24)27-13(10-22)8-12-4-6-16(26-12)14-5-3-11(19)7-15(14)20/h3-8,10H,2,9H2,1H3,(H,21,24)/b13-8-. The Hall–Kier alpha value is -2.22. The maximum Gasteiger partial charge on any atom is 0.325 e. The zero-order valence-corrected chi connectivity index (χ0v) is 16.5. The smallest absolute Gasteiger partial charge is 0.325 e. The number of esters is 1. The van der Waals surface area contributed by atoms with Crippen LogP contribution in [0.15, 0.2) is 39.7 Å². The van der Waals surface area contributed by atoms with E-state index in [9.17, 15) is 14.4 Å². The van der Waals surface area contributed by atoms with E-state index in [0.29, 0.717) is 45.2 Å². The van der Waals surface area contributed by atoms with Crippen molar-refractivity contribution < 1.29 is 23.5 Å². The number of furan rings is 1. The number of rotatable bonds is 7. The summed E-state index contributed by atoms with van der Waals surface area (Å²) in [6.07, 6.45) is 1.93. The summed E-state index contributed by atoms with van der Waals surface area (Å²) in [6.45, 7) is 1.61. The van der Waals surface area contributed by atoms with Gasteiger partial charge in [-0.05, 0) is 55.1 Å². The maximum atomic E-state index is 11.8. The minimum atomic E-state index is -0.561. The molecule has 0 aliphatic heterocycles. The Morgan fingerprint density at radius 3 is 2.70 bits per heavy atom. The highest BCUT2D eigenvalue weighted by Gasteiger charge is 2.12. The average molecular weight is 428 g/mol. The summed E-state index contributed by atoms with van der Waals surface area (Å²) in [5, 5.41) is 2.72. The Labute approximate surface area is 169 Å². The molecular weight excluding hydrogens is 413 g/mol.